The van der Waals surface area contributed by atoms with Gasteiger partial charge in [-0.2, -0.15) is 5.26 Å². The zero-order valence-corrected chi connectivity index (χ0v) is 17.1. The molecular formula is C22H23ClN2O3. The second-order valence-electron chi connectivity index (χ2n) is 6.48. The molecule has 2 rings (SSSR count). The maximum absolute atomic E-state index is 12.5. The molecule has 1 amide bonds. The number of nitriles is 1. The van der Waals surface area contributed by atoms with Gasteiger partial charge in [-0.1, -0.05) is 41.9 Å². The molecule has 0 aliphatic carbocycles. The Hall–Kier alpha value is -2.97. The van der Waals surface area contributed by atoms with Crippen LogP contribution >= 0.6 is 11.6 Å². The average Bonchev–Trinajstić information content (AvgIpc) is 2.68. The highest BCUT2D eigenvalue weighted by atomic mass is 35.5. The van der Waals surface area contributed by atoms with Gasteiger partial charge in [-0.3, -0.25) is 4.79 Å². The summed E-state index contributed by atoms with van der Waals surface area (Å²) in [7, 11) is 1.51. The standard InChI is InChI=1S/C22H23ClN2O3/c1-14(2)28-21-19(23)11-16(12-20(21)27-4)10-18(13-24)22(26)25-15(3)17-8-6-5-7-9-17/h5-12,14-15H,1-4H3,(H,25,26)/b18-10+. The summed E-state index contributed by atoms with van der Waals surface area (Å²) in [6.45, 7) is 5.63. The molecule has 5 nitrogen and oxygen atoms in total. The lowest BCUT2D eigenvalue weighted by molar-refractivity contribution is -0.117. The molecule has 146 valence electrons. The Morgan fingerprint density at radius 1 is 1.21 bits per heavy atom. The Morgan fingerprint density at radius 3 is 2.46 bits per heavy atom. The Kier molecular flexibility index (Phi) is 7.48. The number of amides is 1. The Bertz CT molecular complexity index is 902. The molecule has 0 spiro atoms. The van der Waals surface area contributed by atoms with Crippen LogP contribution in [0.5, 0.6) is 11.5 Å². The number of benzene rings is 2. The lowest BCUT2D eigenvalue weighted by atomic mass is 10.1. The predicted molar refractivity (Wildman–Crippen MR) is 110 cm³/mol. The molecule has 6 heteroatoms. The lowest BCUT2D eigenvalue weighted by Crippen LogP contribution is -2.27. The fraction of sp³-hybridized carbons (Fsp3) is 0.273. The third-order valence-corrected chi connectivity index (χ3v) is 4.21. The molecule has 0 saturated heterocycles. The van der Waals surface area contributed by atoms with Crippen molar-refractivity contribution in [2.45, 2.75) is 32.9 Å². The van der Waals surface area contributed by atoms with E-state index in [9.17, 15) is 10.1 Å². The first kappa shape index (κ1) is 21.3. The second kappa shape index (κ2) is 9.82. The quantitative estimate of drug-likeness (QED) is 0.530. The maximum atomic E-state index is 12.5. The average molecular weight is 399 g/mol. The summed E-state index contributed by atoms with van der Waals surface area (Å²) in [6, 6.07) is 14.6. The van der Waals surface area contributed by atoms with E-state index in [1.165, 1.54) is 13.2 Å². The van der Waals surface area contributed by atoms with Crippen molar-refractivity contribution in [2.24, 2.45) is 0 Å². The van der Waals surface area contributed by atoms with Crippen LogP contribution in [0.4, 0.5) is 0 Å². The van der Waals surface area contributed by atoms with Crippen molar-refractivity contribution < 1.29 is 14.3 Å². The van der Waals surface area contributed by atoms with Crippen LogP contribution in [0.2, 0.25) is 5.02 Å². The Morgan fingerprint density at radius 2 is 1.89 bits per heavy atom. The van der Waals surface area contributed by atoms with Crippen LogP contribution in [0.15, 0.2) is 48.0 Å². The molecule has 0 aliphatic heterocycles. The van der Waals surface area contributed by atoms with Crippen molar-refractivity contribution >= 4 is 23.6 Å². The second-order valence-corrected chi connectivity index (χ2v) is 6.88. The number of ether oxygens (including phenoxy) is 2. The van der Waals surface area contributed by atoms with Gasteiger partial charge in [-0.05, 0) is 50.1 Å². The number of rotatable bonds is 7. The fourth-order valence-electron chi connectivity index (χ4n) is 2.59. The molecule has 0 fully saturated rings. The Labute approximate surface area is 170 Å². The SMILES string of the molecule is COc1cc(/C=C(\C#N)C(=O)NC(C)c2ccccc2)cc(Cl)c1OC(C)C. The zero-order valence-electron chi connectivity index (χ0n) is 16.3. The van der Waals surface area contributed by atoms with E-state index < -0.39 is 5.91 Å². The molecule has 0 bridgehead atoms. The van der Waals surface area contributed by atoms with Gasteiger partial charge in [0, 0.05) is 0 Å². The van der Waals surface area contributed by atoms with Crippen LogP contribution < -0.4 is 14.8 Å². The van der Waals surface area contributed by atoms with Gasteiger partial charge in [-0.15, -0.1) is 0 Å². The minimum atomic E-state index is -0.462. The third-order valence-electron chi connectivity index (χ3n) is 3.93. The van der Waals surface area contributed by atoms with E-state index in [4.69, 9.17) is 21.1 Å². The van der Waals surface area contributed by atoms with Gasteiger partial charge in [0.05, 0.1) is 24.3 Å². The minimum Gasteiger partial charge on any atom is -0.493 e. The van der Waals surface area contributed by atoms with Crippen molar-refractivity contribution in [1.29, 1.82) is 5.26 Å². The molecule has 28 heavy (non-hydrogen) atoms. The van der Waals surface area contributed by atoms with E-state index in [0.717, 1.165) is 5.56 Å². The van der Waals surface area contributed by atoms with Gasteiger partial charge in [0.25, 0.3) is 5.91 Å². The highest BCUT2D eigenvalue weighted by Crippen LogP contribution is 2.37. The number of hydrogen-bond donors (Lipinski definition) is 1. The predicted octanol–water partition coefficient (Wildman–Crippen LogP) is 4.92. The van der Waals surface area contributed by atoms with Crippen molar-refractivity contribution in [1.82, 2.24) is 5.32 Å². The highest BCUT2D eigenvalue weighted by molar-refractivity contribution is 6.32. The third kappa shape index (κ3) is 5.51. The molecule has 2 aromatic rings. The van der Waals surface area contributed by atoms with Gasteiger partial charge in [0.1, 0.15) is 11.6 Å². The molecule has 2 aromatic carbocycles. The smallest absolute Gasteiger partial charge is 0.262 e. The monoisotopic (exact) mass is 398 g/mol. The summed E-state index contributed by atoms with van der Waals surface area (Å²) in [6.07, 6.45) is 1.40. The van der Waals surface area contributed by atoms with Gasteiger partial charge < -0.3 is 14.8 Å². The molecule has 1 unspecified atom stereocenters. The molecule has 0 saturated carbocycles. The number of carbonyl (C=O) groups is 1. The van der Waals surface area contributed by atoms with E-state index in [-0.39, 0.29) is 17.7 Å². The first-order chi connectivity index (χ1) is 13.3. The van der Waals surface area contributed by atoms with Crippen LogP contribution in [0.1, 0.15) is 37.9 Å². The van der Waals surface area contributed by atoms with E-state index in [1.54, 1.807) is 12.1 Å². The summed E-state index contributed by atoms with van der Waals surface area (Å²) >= 11 is 6.31. The van der Waals surface area contributed by atoms with E-state index in [1.807, 2.05) is 57.2 Å². The first-order valence-electron chi connectivity index (χ1n) is 8.87. The van der Waals surface area contributed by atoms with E-state index in [2.05, 4.69) is 5.32 Å². The molecule has 0 aliphatic rings. The number of halogens is 1. The molecule has 0 radical (unpaired) electrons. The van der Waals surface area contributed by atoms with Crippen molar-refractivity contribution in [2.75, 3.05) is 7.11 Å². The highest BCUT2D eigenvalue weighted by Gasteiger charge is 2.16. The normalized spacial score (nSPS) is 12.2. The topological polar surface area (TPSA) is 71.3 Å². The van der Waals surface area contributed by atoms with Gasteiger partial charge in [0.15, 0.2) is 11.5 Å². The summed E-state index contributed by atoms with van der Waals surface area (Å²) in [5, 5.41) is 12.6. The number of carbonyl (C=O) groups excluding carboxylic acids is 1. The molecule has 0 aromatic heterocycles. The van der Waals surface area contributed by atoms with E-state index in [0.29, 0.717) is 22.1 Å². The number of nitrogens with zero attached hydrogens (tertiary/aromatic N) is 1. The van der Waals surface area contributed by atoms with Crippen molar-refractivity contribution in [3.05, 3.63) is 64.2 Å². The van der Waals surface area contributed by atoms with Gasteiger partial charge in [-0.25, -0.2) is 0 Å². The fourth-order valence-corrected chi connectivity index (χ4v) is 2.85. The number of hydrogen-bond acceptors (Lipinski definition) is 4. The summed E-state index contributed by atoms with van der Waals surface area (Å²) in [4.78, 5) is 12.5. The first-order valence-corrected chi connectivity index (χ1v) is 9.25. The molecule has 0 heterocycles. The zero-order chi connectivity index (χ0) is 20.7. The van der Waals surface area contributed by atoms with Crippen molar-refractivity contribution in [3.63, 3.8) is 0 Å². The van der Waals surface area contributed by atoms with Crippen LogP contribution in [-0.4, -0.2) is 19.1 Å². The maximum Gasteiger partial charge on any atom is 0.262 e. The minimum absolute atomic E-state index is 0.0292. The summed E-state index contributed by atoms with van der Waals surface area (Å²) in [5.74, 6) is 0.399. The molecule has 1 atom stereocenters. The Balaban J connectivity index is 2.27. The molecule has 1 N–H and O–H groups in total. The largest absolute Gasteiger partial charge is 0.493 e. The van der Waals surface area contributed by atoms with Crippen LogP contribution in [0.3, 0.4) is 0 Å². The summed E-state index contributed by atoms with van der Waals surface area (Å²) < 4.78 is 11.0. The van der Waals surface area contributed by atoms with Gasteiger partial charge in [0.2, 0.25) is 0 Å². The van der Waals surface area contributed by atoms with E-state index >= 15 is 0 Å². The van der Waals surface area contributed by atoms with Gasteiger partial charge >= 0.3 is 0 Å². The van der Waals surface area contributed by atoms with Crippen molar-refractivity contribution in [3.8, 4) is 17.6 Å². The van der Waals surface area contributed by atoms with Crippen LogP contribution in [0.25, 0.3) is 6.08 Å². The van der Waals surface area contributed by atoms with Crippen LogP contribution in [-0.2, 0) is 4.79 Å². The lowest BCUT2D eigenvalue weighted by Gasteiger charge is -2.16. The number of nitrogens with one attached hydrogen (secondary N) is 1. The van der Waals surface area contributed by atoms with Crippen LogP contribution in [0, 0.1) is 11.3 Å². The number of methoxy groups -OCH3 is 1. The summed E-state index contributed by atoms with van der Waals surface area (Å²) in [5.41, 5.74) is 1.49. The molecular weight excluding hydrogens is 376 g/mol.